The van der Waals surface area contributed by atoms with E-state index in [1.165, 1.54) is 24.3 Å². The van der Waals surface area contributed by atoms with Crippen molar-refractivity contribution in [3.05, 3.63) is 114 Å². The van der Waals surface area contributed by atoms with Gasteiger partial charge in [-0.3, -0.25) is 14.4 Å². The van der Waals surface area contributed by atoms with Gasteiger partial charge < -0.3 is 4.74 Å². The molecule has 8 nitrogen and oxygen atoms in total. The van der Waals surface area contributed by atoms with Gasteiger partial charge in [-0.15, -0.1) is 0 Å². The average molecular weight is 548 g/mol. The van der Waals surface area contributed by atoms with E-state index in [9.17, 15) is 24.4 Å². The quantitative estimate of drug-likeness (QED) is 0.170. The highest BCUT2D eigenvalue weighted by Crippen LogP contribution is 2.35. The van der Waals surface area contributed by atoms with Crippen molar-refractivity contribution in [2.75, 3.05) is 11.5 Å². The number of benzene rings is 3. The van der Waals surface area contributed by atoms with Gasteiger partial charge in [-0.05, 0) is 36.4 Å². The molecule has 1 aliphatic heterocycles. The number of hydrogen-bond acceptors (Lipinski definition) is 8. The second-order valence-electron chi connectivity index (χ2n) is 8.82. The van der Waals surface area contributed by atoms with E-state index in [-0.39, 0.29) is 17.8 Å². The van der Waals surface area contributed by atoms with Gasteiger partial charge >= 0.3 is 5.97 Å². The lowest BCUT2D eigenvalue weighted by Crippen LogP contribution is -2.31. The summed E-state index contributed by atoms with van der Waals surface area (Å²) in [6.45, 7) is -0.406. The number of pyridine rings is 1. The maximum atomic E-state index is 13.3. The minimum Gasteiger partial charge on any atom is -0.454 e. The molecule has 5 rings (SSSR count). The summed E-state index contributed by atoms with van der Waals surface area (Å²) in [6.07, 6.45) is -0.0585. The molecular formula is C31H21N3O5S. The van der Waals surface area contributed by atoms with Gasteiger partial charge in [0.25, 0.3) is 0 Å². The largest absolute Gasteiger partial charge is 0.454 e. The minimum atomic E-state index is -0.758. The fourth-order valence-corrected chi connectivity index (χ4v) is 5.25. The molecule has 1 aliphatic rings. The molecule has 2 amide bonds. The highest BCUT2D eigenvalue weighted by atomic mass is 32.2. The Kier molecular flexibility index (Phi) is 7.80. The molecule has 40 heavy (non-hydrogen) atoms. The van der Waals surface area contributed by atoms with Gasteiger partial charge in [0.15, 0.2) is 12.4 Å². The van der Waals surface area contributed by atoms with Crippen LogP contribution < -0.4 is 4.90 Å². The lowest BCUT2D eigenvalue weighted by atomic mass is 10.1. The summed E-state index contributed by atoms with van der Waals surface area (Å²) >= 11 is 1.09. The minimum absolute atomic E-state index is 0.0585. The van der Waals surface area contributed by atoms with E-state index in [0.717, 1.165) is 22.2 Å². The third kappa shape index (κ3) is 5.67. The number of esters is 1. The number of carbonyl (C=O) groups is 4. The summed E-state index contributed by atoms with van der Waals surface area (Å²) in [4.78, 5) is 56.4. The summed E-state index contributed by atoms with van der Waals surface area (Å²) in [6, 6.07) is 29.3. The van der Waals surface area contributed by atoms with E-state index in [2.05, 4.69) is 11.1 Å². The Labute approximate surface area is 234 Å². The van der Waals surface area contributed by atoms with Gasteiger partial charge in [0.1, 0.15) is 11.1 Å². The molecule has 196 valence electrons. The van der Waals surface area contributed by atoms with Crippen molar-refractivity contribution in [3.63, 3.8) is 0 Å². The monoisotopic (exact) mass is 547 g/mol. The van der Waals surface area contributed by atoms with Crippen LogP contribution in [0, 0.1) is 11.3 Å². The zero-order chi connectivity index (χ0) is 28.1. The normalized spacial score (nSPS) is 14.6. The standard InChI is InChI=1S/C31H21N3O5S/c32-18-23-13-16-25(20-7-3-1-4-8-20)33-29(23)40-27-17-28(36)34(30(27)37)24-14-11-22(12-15-24)31(38)39-19-26(35)21-9-5-2-6-10-21/h1-16,27H,17,19H2. The third-order valence-corrected chi connectivity index (χ3v) is 7.39. The third-order valence-electron chi connectivity index (χ3n) is 6.20. The van der Waals surface area contributed by atoms with E-state index in [0.29, 0.717) is 27.5 Å². The number of imide groups is 1. The molecule has 4 aromatic rings. The number of anilines is 1. The molecule has 1 aromatic heterocycles. The predicted molar refractivity (Wildman–Crippen MR) is 149 cm³/mol. The van der Waals surface area contributed by atoms with Gasteiger partial charge in [0.2, 0.25) is 11.8 Å². The molecule has 3 aromatic carbocycles. The maximum absolute atomic E-state index is 13.3. The Bertz CT molecular complexity index is 1630. The predicted octanol–water partition coefficient (Wildman–Crippen LogP) is 5.08. The summed E-state index contributed by atoms with van der Waals surface area (Å²) in [5.74, 6) is -1.86. The first kappa shape index (κ1) is 26.5. The van der Waals surface area contributed by atoms with E-state index in [1.54, 1.807) is 42.5 Å². The van der Waals surface area contributed by atoms with Crippen LogP contribution in [0.1, 0.15) is 32.7 Å². The zero-order valence-corrected chi connectivity index (χ0v) is 21.8. The fourth-order valence-electron chi connectivity index (χ4n) is 4.16. The summed E-state index contributed by atoms with van der Waals surface area (Å²) in [7, 11) is 0. The van der Waals surface area contributed by atoms with Crippen LogP contribution in [0.3, 0.4) is 0 Å². The highest BCUT2D eigenvalue weighted by Gasteiger charge is 2.40. The van der Waals surface area contributed by atoms with Crippen molar-refractivity contribution >= 4 is 41.0 Å². The van der Waals surface area contributed by atoms with Gasteiger partial charge in [0, 0.05) is 17.5 Å². The number of nitrogens with zero attached hydrogens (tertiary/aromatic N) is 3. The number of Topliss-reactive ketones (excluding diaryl/α,β-unsaturated/α-hetero) is 1. The number of thioether (sulfide) groups is 1. The van der Waals surface area contributed by atoms with Crippen LogP contribution in [-0.4, -0.2) is 40.4 Å². The molecule has 0 spiro atoms. The van der Waals surface area contributed by atoms with Crippen LogP contribution in [0.15, 0.2) is 102 Å². The molecule has 1 fully saturated rings. The second-order valence-corrected chi connectivity index (χ2v) is 10.0. The number of amides is 2. The number of hydrogen-bond donors (Lipinski definition) is 0. The number of rotatable bonds is 8. The molecule has 0 N–H and O–H groups in total. The van der Waals surface area contributed by atoms with E-state index in [1.807, 2.05) is 30.3 Å². The van der Waals surface area contributed by atoms with E-state index >= 15 is 0 Å². The van der Waals surface area contributed by atoms with Crippen LogP contribution in [0.4, 0.5) is 5.69 Å². The number of nitriles is 1. The number of ether oxygens (including phenoxy) is 1. The lowest BCUT2D eigenvalue weighted by molar-refractivity contribution is -0.121. The van der Waals surface area contributed by atoms with Gasteiger partial charge in [-0.25, -0.2) is 14.7 Å². The number of carbonyl (C=O) groups excluding carboxylic acids is 4. The van der Waals surface area contributed by atoms with Gasteiger partial charge in [0.05, 0.1) is 27.8 Å². The van der Waals surface area contributed by atoms with Gasteiger partial charge in [-0.2, -0.15) is 5.26 Å². The molecule has 1 atom stereocenters. The SMILES string of the molecule is N#Cc1ccc(-c2ccccc2)nc1SC1CC(=O)N(c2ccc(C(=O)OCC(=O)c3ccccc3)cc2)C1=O. The molecule has 0 radical (unpaired) electrons. The summed E-state index contributed by atoms with van der Waals surface area (Å²) < 4.78 is 5.13. The van der Waals surface area contributed by atoms with Crippen molar-refractivity contribution in [1.82, 2.24) is 4.98 Å². The van der Waals surface area contributed by atoms with Crippen LogP contribution >= 0.6 is 11.8 Å². The Hall–Kier alpha value is -5.07. The number of aromatic nitrogens is 1. The van der Waals surface area contributed by atoms with Crippen molar-refractivity contribution in [2.45, 2.75) is 16.7 Å². The average Bonchev–Trinajstić information content (AvgIpc) is 3.28. The summed E-state index contributed by atoms with van der Waals surface area (Å²) in [5.41, 5.74) is 2.76. The van der Waals surface area contributed by atoms with E-state index in [4.69, 9.17) is 4.74 Å². The Balaban J connectivity index is 1.26. The first-order chi connectivity index (χ1) is 19.4. The van der Waals surface area contributed by atoms with Crippen molar-refractivity contribution < 1.29 is 23.9 Å². The van der Waals surface area contributed by atoms with E-state index < -0.39 is 29.6 Å². The highest BCUT2D eigenvalue weighted by molar-refractivity contribution is 8.00. The first-order valence-corrected chi connectivity index (χ1v) is 13.2. The second kappa shape index (κ2) is 11.8. The molecule has 1 saturated heterocycles. The van der Waals surface area contributed by atoms with Gasteiger partial charge in [-0.1, -0.05) is 72.4 Å². The van der Waals surface area contributed by atoms with Crippen LogP contribution in [-0.2, 0) is 14.3 Å². The molecular weight excluding hydrogens is 526 g/mol. The zero-order valence-electron chi connectivity index (χ0n) is 21.0. The Morgan fingerprint density at radius 1 is 0.900 bits per heavy atom. The molecule has 0 bridgehead atoms. The van der Waals surface area contributed by atoms with Crippen molar-refractivity contribution in [2.24, 2.45) is 0 Å². The molecule has 0 aliphatic carbocycles. The first-order valence-electron chi connectivity index (χ1n) is 12.3. The topological polar surface area (TPSA) is 117 Å². The number of ketones is 1. The maximum Gasteiger partial charge on any atom is 0.338 e. The smallest absolute Gasteiger partial charge is 0.338 e. The van der Waals surface area contributed by atoms with Crippen LogP contribution in [0.5, 0.6) is 0 Å². The van der Waals surface area contributed by atoms with Crippen molar-refractivity contribution in [3.8, 4) is 17.3 Å². The molecule has 0 saturated carbocycles. The Morgan fingerprint density at radius 2 is 1.57 bits per heavy atom. The van der Waals surface area contributed by atoms with Crippen molar-refractivity contribution in [1.29, 1.82) is 5.26 Å². The fraction of sp³-hybridized carbons (Fsp3) is 0.0968. The molecule has 2 heterocycles. The lowest BCUT2D eigenvalue weighted by Gasteiger charge is -2.15. The molecule has 9 heteroatoms. The molecule has 1 unspecified atom stereocenters. The van der Waals surface area contributed by atoms with Crippen LogP contribution in [0.25, 0.3) is 11.3 Å². The summed E-state index contributed by atoms with van der Waals surface area (Å²) in [5, 5.41) is 9.19. The Morgan fingerprint density at radius 3 is 2.25 bits per heavy atom. The van der Waals surface area contributed by atoms with Crippen LogP contribution in [0.2, 0.25) is 0 Å².